The van der Waals surface area contributed by atoms with Crippen molar-refractivity contribution in [3.05, 3.63) is 70.1 Å². The standard InChI is InChI=1S/C20H17NO2S2/c1-3-14-7-9-15(10-8-14)11-18-19(23)21(20(24)25-18)17-6-4-5-16(12-17)13(2)22/h4-12H,3H2,1-2H3. The number of amides is 1. The summed E-state index contributed by atoms with van der Waals surface area (Å²) in [4.78, 5) is 26.4. The molecule has 3 rings (SSSR count). The van der Waals surface area contributed by atoms with Gasteiger partial charge in [0.1, 0.15) is 0 Å². The van der Waals surface area contributed by atoms with Crippen molar-refractivity contribution in [1.82, 2.24) is 0 Å². The van der Waals surface area contributed by atoms with Crippen molar-refractivity contribution in [3.63, 3.8) is 0 Å². The van der Waals surface area contributed by atoms with E-state index in [4.69, 9.17) is 12.2 Å². The number of benzene rings is 2. The van der Waals surface area contributed by atoms with Gasteiger partial charge in [-0.15, -0.1) is 0 Å². The number of nitrogens with zero attached hydrogens (tertiary/aromatic N) is 1. The third kappa shape index (κ3) is 3.72. The average molecular weight is 367 g/mol. The van der Waals surface area contributed by atoms with Crippen molar-refractivity contribution in [3.8, 4) is 0 Å². The van der Waals surface area contributed by atoms with E-state index >= 15 is 0 Å². The summed E-state index contributed by atoms with van der Waals surface area (Å²) in [6.07, 6.45) is 2.84. The molecule has 0 atom stereocenters. The molecule has 5 heteroatoms. The number of ketones is 1. The van der Waals surface area contributed by atoms with Gasteiger partial charge in [-0.1, -0.05) is 67.3 Å². The fraction of sp³-hybridized carbons (Fsp3) is 0.150. The van der Waals surface area contributed by atoms with Crippen molar-refractivity contribution < 1.29 is 9.59 Å². The number of carbonyl (C=O) groups excluding carboxylic acids is 2. The van der Waals surface area contributed by atoms with Gasteiger partial charge >= 0.3 is 0 Å². The lowest BCUT2D eigenvalue weighted by Crippen LogP contribution is -2.27. The van der Waals surface area contributed by atoms with Crippen LogP contribution in [0.25, 0.3) is 6.08 Å². The first-order valence-electron chi connectivity index (χ1n) is 7.97. The predicted molar refractivity (Wildman–Crippen MR) is 108 cm³/mol. The lowest BCUT2D eigenvalue weighted by Gasteiger charge is -2.15. The molecule has 0 unspecified atom stereocenters. The van der Waals surface area contributed by atoms with Crippen LogP contribution in [0.2, 0.25) is 0 Å². The molecule has 0 saturated carbocycles. The summed E-state index contributed by atoms with van der Waals surface area (Å²) in [5, 5.41) is 0. The van der Waals surface area contributed by atoms with E-state index < -0.39 is 0 Å². The van der Waals surface area contributed by atoms with Crippen LogP contribution in [0.15, 0.2) is 53.4 Å². The van der Waals surface area contributed by atoms with Gasteiger partial charge in [0.25, 0.3) is 5.91 Å². The summed E-state index contributed by atoms with van der Waals surface area (Å²) in [5.74, 6) is -0.200. The van der Waals surface area contributed by atoms with Crippen molar-refractivity contribution >= 4 is 51.8 Å². The van der Waals surface area contributed by atoms with Crippen molar-refractivity contribution in [1.29, 1.82) is 0 Å². The number of hydrogen-bond acceptors (Lipinski definition) is 4. The lowest BCUT2D eigenvalue weighted by molar-refractivity contribution is -0.113. The van der Waals surface area contributed by atoms with Gasteiger partial charge in [-0.05, 0) is 42.7 Å². The summed E-state index contributed by atoms with van der Waals surface area (Å²) in [6.45, 7) is 3.61. The molecule has 25 heavy (non-hydrogen) atoms. The summed E-state index contributed by atoms with van der Waals surface area (Å²) in [5.41, 5.74) is 3.41. The molecule has 1 saturated heterocycles. The minimum Gasteiger partial charge on any atom is -0.295 e. The van der Waals surface area contributed by atoms with Gasteiger partial charge < -0.3 is 0 Å². The molecule has 0 bridgehead atoms. The van der Waals surface area contributed by atoms with Crippen LogP contribution in [0.5, 0.6) is 0 Å². The average Bonchev–Trinajstić information content (AvgIpc) is 2.89. The van der Waals surface area contributed by atoms with Crippen LogP contribution in [-0.4, -0.2) is 16.0 Å². The Morgan fingerprint density at radius 3 is 2.56 bits per heavy atom. The van der Waals surface area contributed by atoms with Gasteiger partial charge in [0, 0.05) is 5.56 Å². The number of thiocarbonyl (C=S) groups is 1. The Morgan fingerprint density at radius 1 is 1.20 bits per heavy atom. The third-order valence-corrected chi connectivity index (χ3v) is 5.29. The number of carbonyl (C=O) groups is 2. The lowest BCUT2D eigenvalue weighted by atomic mass is 10.1. The Hall–Kier alpha value is -2.24. The summed E-state index contributed by atoms with van der Waals surface area (Å²) in [6, 6.07) is 15.1. The predicted octanol–water partition coefficient (Wildman–Crippen LogP) is 4.86. The fourth-order valence-electron chi connectivity index (χ4n) is 2.56. The number of anilines is 1. The number of hydrogen-bond donors (Lipinski definition) is 0. The molecular formula is C20H17NO2S2. The van der Waals surface area contributed by atoms with Gasteiger partial charge in [0.2, 0.25) is 0 Å². The molecule has 1 amide bonds. The molecule has 1 aliphatic rings. The maximum Gasteiger partial charge on any atom is 0.270 e. The number of thioether (sulfide) groups is 1. The molecule has 0 spiro atoms. The minimum atomic E-state index is -0.157. The molecule has 1 heterocycles. The highest BCUT2D eigenvalue weighted by Crippen LogP contribution is 2.36. The summed E-state index contributed by atoms with van der Waals surface area (Å²) >= 11 is 6.66. The monoisotopic (exact) mass is 367 g/mol. The molecule has 2 aromatic rings. The van der Waals surface area contributed by atoms with E-state index in [2.05, 4.69) is 19.1 Å². The Balaban J connectivity index is 1.90. The Kier molecular flexibility index (Phi) is 5.16. The molecule has 0 aromatic heterocycles. The summed E-state index contributed by atoms with van der Waals surface area (Å²) < 4.78 is 0.474. The van der Waals surface area contributed by atoms with Crippen molar-refractivity contribution in [2.45, 2.75) is 20.3 Å². The van der Waals surface area contributed by atoms with Gasteiger partial charge in [0.15, 0.2) is 10.1 Å². The highest BCUT2D eigenvalue weighted by Gasteiger charge is 2.33. The van der Waals surface area contributed by atoms with E-state index in [-0.39, 0.29) is 11.7 Å². The van der Waals surface area contributed by atoms with Gasteiger partial charge in [-0.2, -0.15) is 0 Å². The first-order chi connectivity index (χ1) is 12.0. The normalized spacial score (nSPS) is 15.9. The van der Waals surface area contributed by atoms with Crippen LogP contribution in [0.3, 0.4) is 0 Å². The second-order valence-corrected chi connectivity index (χ2v) is 7.39. The zero-order chi connectivity index (χ0) is 18.0. The van der Waals surface area contributed by atoms with Crippen molar-refractivity contribution in [2.24, 2.45) is 0 Å². The first kappa shape index (κ1) is 17.6. The topological polar surface area (TPSA) is 37.4 Å². The molecule has 1 aliphatic heterocycles. The maximum atomic E-state index is 12.8. The van der Waals surface area contributed by atoms with Gasteiger partial charge in [-0.25, -0.2) is 0 Å². The highest BCUT2D eigenvalue weighted by atomic mass is 32.2. The molecule has 3 nitrogen and oxygen atoms in total. The smallest absolute Gasteiger partial charge is 0.270 e. The zero-order valence-corrected chi connectivity index (χ0v) is 15.6. The van der Waals surface area contributed by atoms with Gasteiger partial charge in [0.05, 0.1) is 10.6 Å². The maximum absolute atomic E-state index is 12.8. The minimum absolute atomic E-state index is 0.0427. The van der Waals surface area contributed by atoms with E-state index in [1.165, 1.54) is 29.1 Å². The van der Waals surface area contributed by atoms with E-state index in [1.807, 2.05) is 18.2 Å². The number of rotatable bonds is 4. The number of aryl methyl sites for hydroxylation is 1. The van der Waals surface area contributed by atoms with Crippen LogP contribution in [0.4, 0.5) is 5.69 Å². The second kappa shape index (κ2) is 7.33. The Bertz CT molecular complexity index is 885. The van der Waals surface area contributed by atoms with Crippen LogP contribution in [0.1, 0.15) is 35.3 Å². The zero-order valence-electron chi connectivity index (χ0n) is 14.0. The highest BCUT2D eigenvalue weighted by molar-refractivity contribution is 8.27. The van der Waals surface area contributed by atoms with E-state index in [0.29, 0.717) is 20.5 Å². The quantitative estimate of drug-likeness (QED) is 0.439. The molecular weight excluding hydrogens is 350 g/mol. The van der Waals surface area contributed by atoms with Crippen LogP contribution in [-0.2, 0) is 11.2 Å². The first-order valence-corrected chi connectivity index (χ1v) is 9.20. The third-order valence-electron chi connectivity index (χ3n) is 3.99. The van der Waals surface area contributed by atoms with Crippen LogP contribution >= 0.6 is 24.0 Å². The molecule has 0 N–H and O–H groups in total. The molecule has 126 valence electrons. The van der Waals surface area contributed by atoms with Crippen LogP contribution in [0, 0.1) is 0 Å². The molecule has 1 fully saturated rings. The van der Waals surface area contributed by atoms with Gasteiger partial charge in [-0.3, -0.25) is 14.5 Å². The van der Waals surface area contributed by atoms with Crippen LogP contribution < -0.4 is 4.90 Å². The van der Waals surface area contributed by atoms with E-state index in [1.54, 1.807) is 24.3 Å². The summed E-state index contributed by atoms with van der Waals surface area (Å²) in [7, 11) is 0. The Morgan fingerprint density at radius 2 is 1.92 bits per heavy atom. The van der Waals surface area contributed by atoms with E-state index in [0.717, 1.165) is 12.0 Å². The molecule has 0 radical (unpaired) electrons. The largest absolute Gasteiger partial charge is 0.295 e. The van der Waals surface area contributed by atoms with E-state index in [9.17, 15) is 9.59 Å². The fourth-order valence-corrected chi connectivity index (χ4v) is 3.85. The second-order valence-electron chi connectivity index (χ2n) is 5.72. The molecule has 0 aliphatic carbocycles. The van der Waals surface area contributed by atoms with Crippen molar-refractivity contribution in [2.75, 3.05) is 4.90 Å². The molecule has 2 aromatic carbocycles. The number of Topliss-reactive ketones (excluding diaryl/α,β-unsaturated/α-hetero) is 1. The Labute approximate surface area is 156 Å². The SMILES string of the molecule is CCc1ccc(C=C2SC(=S)N(c3cccc(C(C)=O)c3)C2=O)cc1.